The van der Waals surface area contributed by atoms with Gasteiger partial charge in [-0.25, -0.2) is 18.4 Å². The Balaban J connectivity index is 0.000000149. The number of rotatable bonds is 5. The van der Waals surface area contributed by atoms with Gasteiger partial charge in [-0.1, -0.05) is 50.2 Å². The monoisotopic (exact) mass is 716 g/mol. The number of nitrogens with one attached hydrogen (secondary N) is 1. The van der Waals surface area contributed by atoms with Gasteiger partial charge in [-0.15, -0.1) is 0 Å². The number of benzene rings is 2. The van der Waals surface area contributed by atoms with Crippen molar-refractivity contribution in [2.24, 2.45) is 0 Å². The normalized spacial score (nSPS) is 28.5. The van der Waals surface area contributed by atoms with Gasteiger partial charge in [0.15, 0.2) is 24.7 Å². The van der Waals surface area contributed by atoms with Crippen molar-refractivity contribution in [3.05, 3.63) is 116 Å². The lowest BCUT2D eigenvalue weighted by molar-refractivity contribution is -0.189. The number of aliphatic hydroxyl groups is 3. The Bertz CT molecular complexity index is 1940. The molecule has 7 rings (SSSR count). The summed E-state index contributed by atoms with van der Waals surface area (Å²) in [4.78, 5) is 50.3. The van der Waals surface area contributed by atoms with E-state index < -0.39 is 71.5 Å². The van der Waals surface area contributed by atoms with Crippen molar-refractivity contribution in [3.8, 4) is 17.5 Å². The van der Waals surface area contributed by atoms with Crippen molar-refractivity contribution >= 4 is 6.16 Å². The third kappa shape index (κ3) is 8.05. The molecule has 3 aliphatic rings. The lowest BCUT2D eigenvalue weighted by atomic mass is 10.1. The van der Waals surface area contributed by atoms with Crippen LogP contribution >= 0.6 is 0 Å². The minimum Gasteiger partial charge on any atom is -0.453 e. The molecule has 0 amide bonds. The molecule has 1 unspecified atom stereocenters. The molecule has 16 nitrogen and oxygen atoms in total. The zero-order valence-electron chi connectivity index (χ0n) is 27.1. The van der Waals surface area contributed by atoms with Crippen molar-refractivity contribution in [1.29, 1.82) is 0 Å². The van der Waals surface area contributed by atoms with Crippen molar-refractivity contribution in [2.75, 3.05) is 0 Å². The van der Waals surface area contributed by atoms with Crippen LogP contribution in [-0.2, 0) is 9.47 Å². The maximum Gasteiger partial charge on any atom is 0.519 e. The van der Waals surface area contributed by atoms with Crippen LogP contribution in [0.1, 0.15) is 39.1 Å². The molecule has 0 spiro atoms. The quantitative estimate of drug-likeness (QED) is 0.172. The summed E-state index contributed by atoms with van der Waals surface area (Å²) in [5.41, 5.74) is -1.92. The summed E-state index contributed by atoms with van der Waals surface area (Å²) >= 11 is 0. The fourth-order valence-electron chi connectivity index (χ4n) is 5.25. The standard InChI is InChI=1S/C13H10O3.C10H13FN2O5.C10H11FN2O4/c14-13(15-11-7-3-1-4-8-11)16-12-9-5-2-6-10-12;1-2-10(11)7(16)6(15)8(18-10)13-4-3-5(14)12-9(13)17;1-2-10(11)7(15)6-8(17-10)13-4-3-5(14)12-9(13)16-6/h1-10H;3-4,6-8,15-16H,2H2,1H3,(H,12,14,17);3-4,6-8,15H,2H2,1H3/t;6-,7+,8-,10-;6?,7-,8+,10+/m.10/s1. The second-order valence-corrected chi connectivity index (χ2v) is 11.3. The number of fused-ring (bicyclic) bond motifs is 3. The van der Waals surface area contributed by atoms with E-state index in [1.54, 1.807) is 55.5 Å². The van der Waals surface area contributed by atoms with Crippen LogP contribution in [-0.4, -0.2) is 76.7 Å². The van der Waals surface area contributed by atoms with Crippen LogP contribution in [0.4, 0.5) is 13.6 Å². The topological polar surface area (TPSA) is 214 Å². The van der Waals surface area contributed by atoms with Crippen LogP contribution < -0.4 is 31.0 Å². The molecule has 4 N–H and O–H groups in total. The largest absolute Gasteiger partial charge is 0.519 e. The number of aliphatic hydroxyl groups excluding tert-OH is 3. The maximum absolute atomic E-state index is 14.1. The molecule has 18 heteroatoms. The van der Waals surface area contributed by atoms with Crippen LogP contribution in [0.3, 0.4) is 0 Å². The summed E-state index contributed by atoms with van der Waals surface area (Å²) in [6.45, 7) is 3.02. The van der Waals surface area contributed by atoms with E-state index in [1.807, 2.05) is 17.1 Å². The molecule has 5 heterocycles. The molecular formula is C33H34F2N4O12. The number of aromatic amines is 1. The number of aromatic nitrogens is 4. The molecule has 2 aromatic carbocycles. The summed E-state index contributed by atoms with van der Waals surface area (Å²) in [5.74, 6) is -3.61. The third-order valence-electron chi connectivity index (χ3n) is 8.02. The van der Waals surface area contributed by atoms with E-state index in [-0.39, 0.29) is 18.9 Å². The zero-order chi connectivity index (χ0) is 36.9. The minimum absolute atomic E-state index is 0.0213. The molecule has 4 aromatic rings. The Kier molecular flexibility index (Phi) is 11.1. The lowest BCUT2D eigenvalue weighted by Gasteiger charge is -2.22. The van der Waals surface area contributed by atoms with E-state index in [0.29, 0.717) is 11.5 Å². The Morgan fingerprint density at radius 1 is 0.804 bits per heavy atom. The first-order valence-corrected chi connectivity index (χ1v) is 15.6. The smallest absolute Gasteiger partial charge is 0.453 e. The molecule has 0 bridgehead atoms. The zero-order valence-corrected chi connectivity index (χ0v) is 27.1. The summed E-state index contributed by atoms with van der Waals surface area (Å²) in [6, 6.07) is 19.9. The molecule has 272 valence electrons. The minimum atomic E-state index is -2.42. The van der Waals surface area contributed by atoms with Gasteiger partial charge in [0.05, 0.1) is 0 Å². The first-order chi connectivity index (χ1) is 24.3. The number of carbonyl (C=O) groups is 1. The van der Waals surface area contributed by atoms with Crippen molar-refractivity contribution in [2.45, 2.75) is 75.3 Å². The van der Waals surface area contributed by atoms with Gasteiger partial charge >= 0.3 is 17.9 Å². The first kappa shape index (κ1) is 37.0. The van der Waals surface area contributed by atoms with Crippen molar-refractivity contribution in [1.82, 2.24) is 19.1 Å². The van der Waals surface area contributed by atoms with Gasteiger partial charge in [-0.2, -0.15) is 4.98 Å². The fourth-order valence-corrected chi connectivity index (χ4v) is 5.25. The number of hydrogen-bond acceptors (Lipinski definition) is 13. The number of halogens is 2. The van der Waals surface area contributed by atoms with Gasteiger partial charge in [0.1, 0.15) is 23.7 Å². The van der Waals surface area contributed by atoms with Crippen LogP contribution in [0.5, 0.6) is 17.5 Å². The van der Waals surface area contributed by atoms with Crippen LogP contribution in [0.15, 0.2) is 99.6 Å². The molecule has 51 heavy (non-hydrogen) atoms. The molecule has 2 aromatic heterocycles. The number of carbonyl (C=O) groups excluding carboxylic acids is 1. The van der Waals surface area contributed by atoms with Gasteiger partial charge in [0, 0.05) is 37.4 Å². The molecule has 0 radical (unpaired) electrons. The number of hydrogen-bond donors (Lipinski definition) is 4. The fraction of sp³-hybridized carbons (Fsp3) is 0.364. The highest BCUT2D eigenvalue weighted by molar-refractivity contribution is 5.66. The van der Waals surface area contributed by atoms with E-state index >= 15 is 0 Å². The van der Waals surface area contributed by atoms with Crippen LogP contribution in [0.25, 0.3) is 0 Å². The molecule has 2 fully saturated rings. The first-order valence-electron chi connectivity index (χ1n) is 15.6. The summed E-state index contributed by atoms with van der Waals surface area (Å²) < 4.78 is 55.6. The Hall–Kier alpha value is -5.27. The second kappa shape index (κ2) is 15.3. The van der Waals surface area contributed by atoms with Crippen molar-refractivity contribution < 1.29 is 52.6 Å². The molecular weight excluding hydrogens is 682 g/mol. The number of alkyl halides is 2. The summed E-state index contributed by atoms with van der Waals surface area (Å²) in [7, 11) is 0. The molecule has 3 aliphatic heterocycles. The molecule has 2 saturated heterocycles. The number of nitrogens with zero attached hydrogens (tertiary/aromatic N) is 3. The van der Waals surface area contributed by atoms with E-state index in [1.165, 1.54) is 23.8 Å². The maximum atomic E-state index is 14.1. The average Bonchev–Trinajstić information content (AvgIpc) is 3.67. The number of ether oxygens (including phenoxy) is 5. The van der Waals surface area contributed by atoms with Gasteiger partial charge in [0.2, 0.25) is 11.7 Å². The summed E-state index contributed by atoms with van der Waals surface area (Å²) in [5, 5.41) is 29.1. The SMILES string of the molecule is CC[C@@]1(F)O[C@@H](n2ccc(=O)[nH]c2=O)[C@H](O)[C@@H]1O.CC[C@@]1(F)O[C@@H]2C(Oc3nc(=O)ccn32)[C@@H]1O.O=C(Oc1ccccc1)Oc1ccccc1. The highest BCUT2D eigenvalue weighted by Gasteiger charge is 2.60. The van der Waals surface area contributed by atoms with Gasteiger partial charge in [-0.05, 0) is 24.3 Å². The summed E-state index contributed by atoms with van der Waals surface area (Å²) in [6.07, 6.45) is -6.18. The predicted molar refractivity (Wildman–Crippen MR) is 170 cm³/mol. The van der Waals surface area contributed by atoms with Crippen LogP contribution in [0.2, 0.25) is 0 Å². The second-order valence-electron chi connectivity index (χ2n) is 11.3. The number of para-hydroxylation sites is 2. The molecule has 0 aliphatic carbocycles. The molecule has 8 atom stereocenters. The Morgan fingerprint density at radius 2 is 1.33 bits per heavy atom. The number of H-pyrrole nitrogens is 1. The van der Waals surface area contributed by atoms with Crippen LogP contribution in [0, 0.1) is 0 Å². The average molecular weight is 717 g/mol. The Labute approximate surface area is 287 Å². The van der Waals surface area contributed by atoms with E-state index in [2.05, 4.69) is 4.98 Å². The third-order valence-corrected chi connectivity index (χ3v) is 8.02. The van der Waals surface area contributed by atoms with Crippen molar-refractivity contribution in [3.63, 3.8) is 0 Å². The van der Waals surface area contributed by atoms with Gasteiger partial charge in [0.25, 0.3) is 11.1 Å². The highest BCUT2D eigenvalue weighted by Crippen LogP contribution is 2.46. The van der Waals surface area contributed by atoms with Gasteiger partial charge < -0.3 is 39.0 Å². The van der Waals surface area contributed by atoms with E-state index in [0.717, 1.165) is 16.8 Å². The predicted octanol–water partition coefficient (Wildman–Crippen LogP) is 2.10. The molecule has 0 saturated carbocycles. The Morgan fingerprint density at radius 3 is 1.86 bits per heavy atom. The lowest BCUT2D eigenvalue weighted by Crippen LogP contribution is -2.40. The van der Waals surface area contributed by atoms with E-state index in [4.69, 9.17) is 23.7 Å². The highest BCUT2D eigenvalue weighted by atomic mass is 19.2. The van der Waals surface area contributed by atoms with Gasteiger partial charge in [-0.3, -0.25) is 23.7 Å². The van der Waals surface area contributed by atoms with E-state index in [9.17, 15) is 43.3 Å².